The highest BCUT2D eigenvalue weighted by molar-refractivity contribution is 9.10. The lowest BCUT2D eigenvalue weighted by Crippen LogP contribution is -2.26. The highest BCUT2D eigenvalue weighted by Gasteiger charge is 2.13. The fourth-order valence-electron chi connectivity index (χ4n) is 0.896. The van der Waals surface area contributed by atoms with Crippen molar-refractivity contribution in [1.29, 1.82) is 0 Å². The van der Waals surface area contributed by atoms with Crippen molar-refractivity contribution in [3.05, 3.63) is 34.1 Å². The number of benzene rings is 1. The first kappa shape index (κ1) is 12.1. The van der Waals surface area contributed by atoms with Crippen LogP contribution in [0.25, 0.3) is 0 Å². The summed E-state index contributed by atoms with van der Waals surface area (Å²) in [7, 11) is 0. The van der Waals surface area contributed by atoms with Gasteiger partial charge in [0.05, 0.1) is 23.2 Å². The van der Waals surface area contributed by atoms with Crippen LogP contribution in [0.4, 0.5) is 4.39 Å². The maximum absolute atomic E-state index is 13.3. The minimum absolute atomic E-state index is 0.0403. The van der Waals surface area contributed by atoms with Crippen molar-refractivity contribution in [2.24, 2.45) is 0 Å². The Morgan fingerprint density at radius 2 is 2.33 bits per heavy atom. The average molecular weight is 278 g/mol. The van der Waals surface area contributed by atoms with E-state index in [1.165, 1.54) is 18.2 Å². The molecule has 1 rings (SSSR count). The zero-order valence-electron chi connectivity index (χ0n) is 7.67. The fraction of sp³-hybridized carbons (Fsp3) is 0.222. The number of hydroxylamine groups is 1. The van der Waals surface area contributed by atoms with Crippen LogP contribution in [0, 0.1) is 5.82 Å². The van der Waals surface area contributed by atoms with Crippen molar-refractivity contribution < 1.29 is 19.1 Å². The molecule has 0 radical (unpaired) electrons. The van der Waals surface area contributed by atoms with Gasteiger partial charge in [-0.3, -0.25) is 9.63 Å². The lowest BCUT2D eigenvalue weighted by Gasteiger charge is -2.05. The molecule has 82 valence electrons. The molecule has 0 fully saturated rings. The third kappa shape index (κ3) is 3.26. The highest BCUT2D eigenvalue weighted by Crippen LogP contribution is 2.18. The second-order valence-corrected chi connectivity index (χ2v) is 3.46. The number of hydrogen-bond donors (Lipinski definition) is 2. The third-order valence-corrected chi connectivity index (χ3v) is 2.17. The van der Waals surface area contributed by atoms with E-state index in [9.17, 15) is 9.18 Å². The van der Waals surface area contributed by atoms with Crippen LogP contribution in [-0.4, -0.2) is 24.2 Å². The van der Waals surface area contributed by atoms with Crippen LogP contribution in [0.15, 0.2) is 22.7 Å². The molecule has 0 aliphatic rings. The van der Waals surface area contributed by atoms with Crippen molar-refractivity contribution in [3.8, 4) is 0 Å². The minimum atomic E-state index is -0.692. The van der Waals surface area contributed by atoms with Crippen LogP contribution >= 0.6 is 15.9 Å². The molecule has 0 heterocycles. The van der Waals surface area contributed by atoms with Gasteiger partial charge in [0.15, 0.2) is 0 Å². The molecular weight excluding hydrogens is 269 g/mol. The van der Waals surface area contributed by atoms with Crippen molar-refractivity contribution in [1.82, 2.24) is 5.48 Å². The summed E-state index contributed by atoms with van der Waals surface area (Å²) in [6.07, 6.45) is 0. The molecule has 0 unspecified atom stereocenters. The number of rotatable bonds is 4. The number of hydrogen-bond acceptors (Lipinski definition) is 3. The molecule has 1 aromatic carbocycles. The molecule has 0 atom stereocenters. The van der Waals surface area contributed by atoms with Crippen molar-refractivity contribution >= 4 is 21.8 Å². The van der Waals surface area contributed by atoms with Crippen molar-refractivity contribution in [2.45, 2.75) is 0 Å². The summed E-state index contributed by atoms with van der Waals surface area (Å²) in [4.78, 5) is 15.9. The van der Waals surface area contributed by atoms with Crippen LogP contribution in [-0.2, 0) is 4.84 Å². The van der Waals surface area contributed by atoms with Gasteiger partial charge in [-0.15, -0.1) is 0 Å². The molecule has 0 saturated heterocycles. The molecule has 0 aromatic heterocycles. The number of amides is 1. The van der Waals surface area contributed by atoms with Gasteiger partial charge < -0.3 is 5.11 Å². The molecule has 2 N–H and O–H groups in total. The number of carbonyl (C=O) groups excluding carboxylic acids is 1. The first-order chi connectivity index (χ1) is 7.16. The van der Waals surface area contributed by atoms with E-state index in [2.05, 4.69) is 20.8 Å². The second-order valence-electron chi connectivity index (χ2n) is 2.60. The standard InChI is InChI=1S/C9H9BrFNO3/c10-7-3-1-2-6(8(7)11)9(14)12-15-5-4-13/h1-3,13H,4-5H2,(H,12,14). The van der Waals surface area contributed by atoms with E-state index in [1.54, 1.807) is 0 Å². The predicted molar refractivity (Wildman–Crippen MR) is 54.6 cm³/mol. The van der Waals surface area contributed by atoms with Crippen LogP contribution in [0.1, 0.15) is 10.4 Å². The maximum atomic E-state index is 13.3. The summed E-state index contributed by atoms with van der Waals surface area (Å²) < 4.78 is 13.6. The summed E-state index contributed by atoms with van der Waals surface area (Å²) in [5.74, 6) is -1.34. The van der Waals surface area contributed by atoms with E-state index < -0.39 is 11.7 Å². The zero-order chi connectivity index (χ0) is 11.3. The molecule has 0 aliphatic heterocycles. The van der Waals surface area contributed by atoms with Crippen LogP contribution in [0.3, 0.4) is 0 Å². The molecule has 1 amide bonds. The van der Waals surface area contributed by atoms with Crippen LogP contribution < -0.4 is 5.48 Å². The van der Waals surface area contributed by atoms with Crippen molar-refractivity contribution in [2.75, 3.05) is 13.2 Å². The molecular formula is C9H9BrFNO3. The predicted octanol–water partition coefficient (Wildman–Crippen LogP) is 1.24. The SMILES string of the molecule is O=C(NOCCO)c1cccc(Br)c1F. The Morgan fingerprint density at radius 1 is 1.60 bits per heavy atom. The first-order valence-electron chi connectivity index (χ1n) is 4.14. The summed E-state index contributed by atoms with van der Waals surface area (Å²) >= 11 is 2.96. The topological polar surface area (TPSA) is 58.6 Å². The number of carbonyl (C=O) groups is 1. The maximum Gasteiger partial charge on any atom is 0.277 e. The molecule has 6 heteroatoms. The quantitative estimate of drug-likeness (QED) is 0.643. The Hall–Kier alpha value is -0.980. The van der Waals surface area contributed by atoms with Gasteiger partial charge in [-0.25, -0.2) is 9.87 Å². The summed E-state index contributed by atoms with van der Waals surface area (Å²) in [5, 5.41) is 8.39. The van der Waals surface area contributed by atoms with Gasteiger partial charge in [0, 0.05) is 0 Å². The Bertz CT molecular complexity index is 359. The van der Waals surface area contributed by atoms with Gasteiger partial charge in [-0.1, -0.05) is 6.07 Å². The third-order valence-electron chi connectivity index (χ3n) is 1.55. The second kappa shape index (κ2) is 5.79. The molecule has 15 heavy (non-hydrogen) atoms. The summed E-state index contributed by atoms with van der Waals surface area (Å²) in [6, 6.07) is 4.35. The summed E-state index contributed by atoms with van der Waals surface area (Å²) in [5.41, 5.74) is 1.89. The zero-order valence-corrected chi connectivity index (χ0v) is 9.25. The first-order valence-corrected chi connectivity index (χ1v) is 4.93. The average Bonchev–Trinajstić information content (AvgIpc) is 2.22. The van der Waals surface area contributed by atoms with Gasteiger partial charge >= 0.3 is 0 Å². The number of halogens is 2. The Morgan fingerprint density at radius 3 is 3.00 bits per heavy atom. The monoisotopic (exact) mass is 277 g/mol. The smallest absolute Gasteiger partial charge is 0.277 e. The molecule has 0 aliphatic carbocycles. The highest BCUT2D eigenvalue weighted by atomic mass is 79.9. The van der Waals surface area contributed by atoms with Gasteiger partial charge in [0.2, 0.25) is 0 Å². The van der Waals surface area contributed by atoms with Crippen LogP contribution in [0.5, 0.6) is 0 Å². The number of aliphatic hydroxyl groups excluding tert-OH is 1. The van der Waals surface area contributed by atoms with E-state index in [4.69, 9.17) is 5.11 Å². The Labute approximate surface area is 94.1 Å². The Balaban J connectivity index is 2.69. The minimum Gasteiger partial charge on any atom is -0.394 e. The Kier molecular flexibility index (Phi) is 4.67. The van der Waals surface area contributed by atoms with Gasteiger partial charge in [-0.2, -0.15) is 0 Å². The van der Waals surface area contributed by atoms with E-state index in [-0.39, 0.29) is 23.2 Å². The van der Waals surface area contributed by atoms with Gasteiger partial charge in [0.1, 0.15) is 5.82 Å². The number of aliphatic hydroxyl groups is 1. The van der Waals surface area contributed by atoms with Gasteiger partial charge in [0.25, 0.3) is 5.91 Å². The lowest BCUT2D eigenvalue weighted by molar-refractivity contribution is 0.0165. The molecule has 0 bridgehead atoms. The van der Waals surface area contributed by atoms with E-state index in [0.29, 0.717) is 0 Å². The van der Waals surface area contributed by atoms with E-state index in [1.807, 2.05) is 5.48 Å². The fourth-order valence-corrected chi connectivity index (χ4v) is 1.26. The molecule has 0 spiro atoms. The van der Waals surface area contributed by atoms with E-state index >= 15 is 0 Å². The number of nitrogens with one attached hydrogen (secondary N) is 1. The lowest BCUT2D eigenvalue weighted by atomic mass is 10.2. The van der Waals surface area contributed by atoms with Crippen molar-refractivity contribution in [3.63, 3.8) is 0 Å². The normalized spacial score (nSPS) is 10.1. The van der Waals surface area contributed by atoms with Gasteiger partial charge in [-0.05, 0) is 28.1 Å². The molecule has 0 saturated carbocycles. The van der Waals surface area contributed by atoms with Crippen LogP contribution in [0.2, 0.25) is 0 Å². The van der Waals surface area contributed by atoms with E-state index in [0.717, 1.165) is 0 Å². The summed E-state index contributed by atoms with van der Waals surface area (Å²) in [6.45, 7) is -0.261. The largest absolute Gasteiger partial charge is 0.394 e. The molecule has 4 nitrogen and oxygen atoms in total. The molecule has 1 aromatic rings.